The van der Waals surface area contributed by atoms with E-state index in [0.717, 1.165) is 35.1 Å². The second-order valence-corrected chi connectivity index (χ2v) is 6.24. The average Bonchev–Trinajstić information content (AvgIpc) is 3.26. The second kappa shape index (κ2) is 4.35. The number of hydrogen-bond donors (Lipinski definition) is 1. The highest BCUT2D eigenvalue weighted by Crippen LogP contribution is 2.52. The lowest BCUT2D eigenvalue weighted by Crippen LogP contribution is -2.07. The Bertz CT molecular complexity index is 1010. The third-order valence-electron chi connectivity index (χ3n) is 4.87. The lowest BCUT2D eigenvalue weighted by Gasteiger charge is -2.16. The van der Waals surface area contributed by atoms with Gasteiger partial charge < -0.3 is 9.67 Å². The quantitative estimate of drug-likeness (QED) is 0.894. The molecule has 1 N–H and O–H groups in total. The highest BCUT2D eigenvalue weighted by Gasteiger charge is 2.36. The van der Waals surface area contributed by atoms with Crippen LogP contribution in [-0.2, 0) is 4.79 Å². The van der Waals surface area contributed by atoms with Crippen molar-refractivity contribution in [2.45, 2.75) is 19.3 Å². The summed E-state index contributed by atoms with van der Waals surface area (Å²) in [5.74, 6) is -0.776. The van der Waals surface area contributed by atoms with Gasteiger partial charge in [0.25, 0.3) is 0 Å². The van der Waals surface area contributed by atoms with E-state index in [2.05, 4.69) is 41.0 Å². The number of carbonyl (C=O) groups is 1. The zero-order valence-electron chi connectivity index (χ0n) is 12.5. The van der Waals surface area contributed by atoms with Gasteiger partial charge in [0, 0.05) is 23.1 Å². The molecule has 0 unspecified atom stereocenters. The van der Waals surface area contributed by atoms with Crippen LogP contribution in [0.3, 0.4) is 0 Å². The maximum absolute atomic E-state index is 11.4. The van der Waals surface area contributed by atoms with E-state index in [1.165, 1.54) is 22.3 Å². The molecule has 112 valence electrons. The van der Waals surface area contributed by atoms with Crippen LogP contribution in [0, 0.1) is 0 Å². The first-order valence-corrected chi connectivity index (χ1v) is 7.89. The second-order valence-electron chi connectivity index (χ2n) is 6.24. The van der Waals surface area contributed by atoms with Gasteiger partial charge in [-0.05, 0) is 35.3 Å². The lowest BCUT2D eigenvalue weighted by molar-refractivity contribution is -0.135. The number of benzene rings is 1. The van der Waals surface area contributed by atoms with E-state index in [1.54, 1.807) is 0 Å². The third kappa shape index (κ3) is 1.73. The van der Waals surface area contributed by atoms with Crippen molar-refractivity contribution in [2.75, 3.05) is 0 Å². The van der Waals surface area contributed by atoms with E-state index < -0.39 is 5.97 Å². The molecule has 3 nitrogen and oxygen atoms in total. The summed E-state index contributed by atoms with van der Waals surface area (Å²) >= 11 is 0. The van der Waals surface area contributed by atoms with Crippen LogP contribution in [0.5, 0.6) is 0 Å². The van der Waals surface area contributed by atoms with Gasteiger partial charge in [0.2, 0.25) is 0 Å². The van der Waals surface area contributed by atoms with E-state index in [4.69, 9.17) is 0 Å². The molecule has 2 aliphatic carbocycles. The van der Waals surface area contributed by atoms with Crippen molar-refractivity contribution >= 4 is 28.1 Å². The van der Waals surface area contributed by atoms with Gasteiger partial charge in [-0.1, -0.05) is 36.4 Å². The summed E-state index contributed by atoms with van der Waals surface area (Å²) in [5.41, 5.74) is 8.18. The van der Waals surface area contributed by atoms with Crippen LogP contribution in [0.2, 0.25) is 0 Å². The minimum absolute atomic E-state index is 0.0643. The largest absolute Gasteiger partial charge is 0.481 e. The van der Waals surface area contributed by atoms with Crippen LogP contribution in [0.4, 0.5) is 0 Å². The van der Waals surface area contributed by atoms with Gasteiger partial charge in [0.15, 0.2) is 0 Å². The van der Waals surface area contributed by atoms with E-state index in [9.17, 15) is 9.90 Å². The Kier molecular flexibility index (Phi) is 2.41. The van der Waals surface area contributed by atoms with Crippen LogP contribution >= 0.6 is 0 Å². The van der Waals surface area contributed by atoms with Gasteiger partial charge >= 0.3 is 5.97 Å². The Morgan fingerprint density at radius 1 is 1.22 bits per heavy atom. The summed E-state index contributed by atoms with van der Waals surface area (Å²) in [7, 11) is 0. The molecule has 1 fully saturated rings. The first-order valence-electron chi connectivity index (χ1n) is 7.89. The standard InChI is InChI=1S/C20H15NO2/c22-20(23)11-19-16-10-15(16)13-6-2-3-7-14(13)18-9-12-5-1-4-8-17(12)21(18)19/h1-2,4-9H,3,10-11H2,(H,22,23). The molecular formula is C20H15NO2. The maximum atomic E-state index is 11.4. The Morgan fingerprint density at radius 2 is 2.09 bits per heavy atom. The van der Waals surface area contributed by atoms with Crippen molar-refractivity contribution in [3.05, 3.63) is 71.0 Å². The molecule has 0 atom stereocenters. The third-order valence-corrected chi connectivity index (χ3v) is 4.87. The number of fused-ring (bicyclic) bond motifs is 6. The van der Waals surface area contributed by atoms with Crippen molar-refractivity contribution in [3.63, 3.8) is 0 Å². The molecule has 0 saturated heterocycles. The van der Waals surface area contributed by atoms with Crippen LogP contribution in [0.1, 0.15) is 25.0 Å². The summed E-state index contributed by atoms with van der Waals surface area (Å²) in [6, 6.07) is 10.4. The monoisotopic (exact) mass is 301 g/mol. The topological polar surface area (TPSA) is 42.2 Å². The molecule has 1 saturated carbocycles. The number of nitrogens with zero attached hydrogens (tertiary/aromatic N) is 1. The van der Waals surface area contributed by atoms with Gasteiger partial charge in [-0.2, -0.15) is 0 Å². The molecule has 3 aliphatic rings. The smallest absolute Gasteiger partial charge is 0.309 e. The number of aliphatic carboxylic acids is 1. The van der Waals surface area contributed by atoms with Crippen molar-refractivity contribution in [1.82, 2.24) is 4.57 Å². The number of para-hydroxylation sites is 1. The van der Waals surface area contributed by atoms with Crippen molar-refractivity contribution in [1.29, 1.82) is 0 Å². The van der Waals surface area contributed by atoms with Crippen molar-refractivity contribution in [3.8, 4) is 0 Å². The number of aromatic nitrogens is 1. The number of rotatable bonds is 2. The maximum Gasteiger partial charge on any atom is 0.309 e. The van der Waals surface area contributed by atoms with Crippen LogP contribution < -0.4 is 0 Å². The first-order chi connectivity index (χ1) is 11.2. The summed E-state index contributed by atoms with van der Waals surface area (Å²) < 4.78 is 2.17. The predicted molar refractivity (Wildman–Crippen MR) is 90.8 cm³/mol. The predicted octanol–water partition coefficient (Wildman–Crippen LogP) is 4.38. The van der Waals surface area contributed by atoms with Crippen LogP contribution in [0.15, 0.2) is 65.3 Å². The Balaban J connectivity index is 1.89. The summed E-state index contributed by atoms with van der Waals surface area (Å²) in [6.45, 7) is 0. The average molecular weight is 301 g/mol. The highest BCUT2D eigenvalue weighted by molar-refractivity contribution is 6.00. The van der Waals surface area contributed by atoms with Crippen LogP contribution in [0.25, 0.3) is 22.2 Å². The zero-order valence-corrected chi connectivity index (χ0v) is 12.5. The molecule has 2 aromatic rings. The molecule has 0 amide bonds. The molecule has 23 heavy (non-hydrogen) atoms. The number of carboxylic acids is 1. The number of allylic oxidation sites excluding steroid dienone is 7. The summed E-state index contributed by atoms with van der Waals surface area (Å²) in [5, 5.41) is 10.6. The summed E-state index contributed by atoms with van der Waals surface area (Å²) in [6.07, 6.45) is 8.53. The van der Waals surface area contributed by atoms with E-state index in [1.807, 2.05) is 12.1 Å². The molecule has 1 aromatic heterocycles. The van der Waals surface area contributed by atoms with E-state index in [-0.39, 0.29) is 6.42 Å². The fourth-order valence-electron chi connectivity index (χ4n) is 3.85. The first kappa shape index (κ1) is 12.7. The molecular weight excluding hydrogens is 286 g/mol. The SMILES string of the molecule is O=C(O)CC1=C2CC2=C2C=CCC=C2c2cc3ccccc3n21. The molecule has 1 aliphatic heterocycles. The van der Waals surface area contributed by atoms with Crippen LogP contribution in [-0.4, -0.2) is 15.6 Å². The molecule has 5 rings (SSSR count). The molecule has 0 spiro atoms. The zero-order chi connectivity index (χ0) is 15.6. The number of carboxylic acid groups (broad SMARTS) is 1. The van der Waals surface area contributed by atoms with Gasteiger partial charge in [-0.15, -0.1) is 0 Å². The van der Waals surface area contributed by atoms with Crippen molar-refractivity contribution < 1.29 is 9.90 Å². The minimum atomic E-state index is -0.776. The molecule has 2 heterocycles. The highest BCUT2D eigenvalue weighted by atomic mass is 16.4. The van der Waals surface area contributed by atoms with E-state index in [0.29, 0.717) is 0 Å². The van der Waals surface area contributed by atoms with Gasteiger partial charge in [0.1, 0.15) is 0 Å². The summed E-state index contributed by atoms with van der Waals surface area (Å²) in [4.78, 5) is 11.4. The Hall–Kier alpha value is -2.81. The minimum Gasteiger partial charge on any atom is -0.481 e. The molecule has 3 heteroatoms. The lowest BCUT2D eigenvalue weighted by atomic mass is 9.96. The van der Waals surface area contributed by atoms with E-state index >= 15 is 0 Å². The molecule has 1 aromatic carbocycles. The fraction of sp³-hybridized carbons (Fsp3) is 0.150. The van der Waals surface area contributed by atoms with Gasteiger partial charge in [-0.25, -0.2) is 0 Å². The molecule has 0 bridgehead atoms. The molecule has 0 radical (unpaired) electrons. The van der Waals surface area contributed by atoms with Gasteiger partial charge in [0.05, 0.1) is 17.6 Å². The Labute approximate surface area is 133 Å². The van der Waals surface area contributed by atoms with Crippen molar-refractivity contribution in [2.24, 2.45) is 0 Å². The Morgan fingerprint density at radius 3 is 2.96 bits per heavy atom. The van der Waals surface area contributed by atoms with Gasteiger partial charge in [-0.3, -0.25) is 4.79 Å². The fourth-order valence-corrected chi connectivity index (χ4v) is 3.85. The normalized spacial score (nSPS) is 18.3. The number of hydrogen-bond acceptors (Lipinski definition) is 1.